The zero-order chi connectivity index (χ0) is 27.3. The third-order valence-corrected chi connectivity index (χ3v) is 8.99. The van der Waals surface area contributed by atoms with E-state index >= 15 is 0 Å². The van der Waals surface area contributed by atoms with E-state index in [9.17, 15) is 19.0 Å². The van der Waals surface area contributed by atoms with Crippen molar-refractivity contribution in [3.63, 3.8) is 0 Å². The molecule has 0 spiro atoms. The third kappa shape index (κ3) is 6.55. The summed E-state index contributed by atoms with van der Waals surface area (Å²) in [6.07, 6.45) is 4.69. The molecule has 2 heterocycles. The summed E-state index contributed by atoms with van der Waals surface area (Å²) in [7, 11) is -3.28. The van der Waals surface area contributed by atoms with Gasteiger partial charge in [-0.05, 0) is 67.3 Å². The van der Waals surface area contributed by atoms with E-state index in [4.69, 9.17) is 4.74 Å². The molecule has 1 aromatic heterocycles. The highest BCUT2D eigenvalue weighted by Gasteiger charge is 2.34. The summed E-state index contributed by atoms with van der Waals surface area (Å²) >= 11 is 0. The SMILES string of the molecule is CCCn1cc(CCC(CC(=O)O)c2ccc(C)c(CN3CC(CC)Oc4ccccc4S3(O)O)c2)nn1. The molecule has 38 heavy (non-hydrogen) atoms. The van der Waals surface area contributed by atoms with Gasteiger partial charge < -0.3 is 9.84 Å². The number of fused-ring (bicyclic) bond motifs is 1. The normalized spacial score (nSPS) is 18.7. The minimum Gasteiger partial charge on any atom is -0.487 e. The molecule has 3 aromatic rings. The smallest absolute Gasteiger partial charge is 0.303 e. The lowest BCUT2D eigenvalue weighted by atomic mass is 9.88. The number of aliphatic carboxylic acids is 1. The number of ether oxygens (including phenoxy) is 1. The van der Waals surface area contributed by atoms with E-state index in [2.05, 4.69) is 17.2 Å². The lowest BCUT2D eigenvalue weighted by Gasteiger charge is -2.42. The molecule has 206 valence electrons. The van der Waals surface area contributed by atoms with Crippen LogP contribution in [-0.4, -0.2) is 52.1 Å². The van der Waals surface area contributed by atoms with Gasteiger partial charge in [-0.25, -0.2) is 0 Å². The topological polar surface area (TPSA) is 121 Å². The second kappa shape index (κ2) is 12.3. The van der Waals surface area contributed by atoms with E-state index in [-0.39, 0.29) is 18.4 Å². The maximum absolute atomic E-state index is 11.7. The van der Waals surface area contributed by atoms with E-state index in [0.717, 1.165) is 41.8 Å². The Morgan fingerprint density at radius 1 is 1.21 bits per heavy atom. The number of para-hydroxylation sites is 1. The first kappa shape index (κ1) is 28.1. The van der Waals surface area contributed by atoms with Crippen LogP contribution in [0.25, 0.3) is 0 Å². The Hall–Kier alpha value is -2.92. The monoisotopic (exact) mass is 542 g/mol. The van der Waals surface area contributed by atoms with Gasteiger partial charge in [0.1, 0.15) is 16.7 Å². The van der Waals surface area contributed by atoms with Gasteiger partial charge in [0.2, 0.25) is 0 Å². The Labute approximate surface area is 225 Å². The second-order valence-corrected chi connectivity index (χ2v) is 11.9. The van der Waals surface area contributed by atoms with Crippen LogP contribution in [0.1, 0.15) is 67.8 Å². The van der Waals surface area contributed by atoms with Crippen LogP contribution in [0.3, 0.4) is 0 Å². The molecule has 0 aliphatic carbocycles. The van der Waals surface area contributed by atoms with Crippen molar-refractivity contribution in [3.05, 3.63) is 71.0 Å². The van der Waals surface area contributed by atoms with Crippen molar-refractivity contribution in [1.29, 1.82) is 0 Å². The van der Waals surface area contributed by atoms with Crippen LogP contribution in [0.2, 0.25) is 0 Å². The Balaban J connectivity index is 1.58. The average Bonchev–Trinajstić information content (AvgIpc) is 3.30. The average molecular weight is 543 g/mol. The van der Waals surface area contributed by atoms with Crippen LogP contribution >= 0.6 is 10.8 Å². The summed E-state index contributed by atoms with van der Waals surface area (Å²) in [5, 5.41) is 18.0. The number of benzene rings is 2. The first-order valence-electron chi connectivity index (χ1n) is 13.2. The summed E-state index contributed by atoms with van der Waals surface area (Å²) in [5.41, 5.74) is 3.71. The van der Waals surface area contributed by atoms with Gasteiger partial charge in [0.25, 0.3) is 0 Å². The summed E-state index contributed by atoms with van der Waals surface area (Å²) < 4.78 is 32.4. The molecule has 2 atom stereocenters. The Morgan fingerprint density at radius 2 is 2.00 bits per heavy atom. The number of rotatable bonds is 11. The predicted molar refractivity (Wildman–Crippen MR) is 147 cm³/mol. The number of carbonyl (C=O) groups is 1. The molecule has 0 saturated heterocycles. The van der Waals surface area contributed by atoms with Gasteiger partial charge in [-0.3, -0.25) is 18.6 Å². The van der Waals surface area contributed by atoms with Crippen LogP contribution in [0.4, 0.5) is 0 Å². The molecule has 1 aliphatic rings. The Bertz CT molecular complexity index is 1250. The molecular formula is C28H38N4O5S. The third-order valence-electron chi connectivity index (χ3n) is 7.06. The molecule has 0 amide bonds. The molecule has 0 radical (unpaired) electrons. The zero-order valence-corrected chi connectivity index (χ0v) is 23.1. The lowest BCUT2D eigenvalue weighted by molar-refractivity contribution is -0.137. The largest absolute Gasteiger partial charge is 0.487 e. The highest BCUT2D eigenvalue weighted by molar-refractivity contribution is 8.22. The molecule has 4 rings (SSSR count). The van der Waals surface area contributed by atoms with Crippen molar-refractivity contribution in [3.8, 4) is 5.75 Å². The summed E-state index contributed by atoms with van der Waals surface area (Å²) in [6.45, 7) is 7.56. The van der Waals surface area contributed by atoms with Gasteiger partial charge in [0.05, 0.1) is 18.7 Å². The highest BCUT2D eigenvalue weighted by atomic mass is 32.3. The van der Waals surface area contributed by atoms with Crippen LogP contribution < -0.4 is 4.74 Å². The number of hydrogen-bond acceptors (Lipinski definition) is 7. The van der Waals surface area contributed by atoms with Crippen molar-refractivity contribution in [2.45, 2.75) is 82.9 Å². The van der Waals surface area contributed by atoms with E-state index < -0.39 is 16.7 Å². The van der Waals surface area contributed by atoms with Crippen molar-refractivity contribution in [2.75, 3.05) is 6.54 Å². The van der Waals surface area contributed by atoms with E-state index in [0.29, 0.717) is 36.6 Å². The van der Waals surface area contributed by atoms with Crippen LogP contribution in [-0.2, 0) is 24.3 Å². The summed E-state index contributed by atoms with van der Waals surface area (Å²) in [6, 6.07) is 13.1. The van der Waals surface area contributed by atoms with Crippen LogP contribution in [0, 0.1) is 6.92 Å². The first-order valence-corrected chi connectivity index (χ1v) is 14.7. The number of nitrogens with zero attached hydrogens (tertiary/aromatic N) is 4. The maximum Gasteiger partial charge on any atom is 0.303 e. The standard InChI is InChI=1S/C28H38N4O5S/c1-4-14-31-18-24(29-30-31)13-12-22(16-28(33)34)21-11-10-20(3)23(15-21)17-32-19-25(5-2)37-26-8-6-7-9-27(26)38(32,35)36/h6-11,15,18,22,25,35-36H,4-5,12-14,16-17,19H2,1-3H3,(H,33,34). The van der Waals surface area contributed by atoms with Crippen molar-refractivity contribution >= 4 is 16.7 Å². The molecular weight excluding hydrogens is 504 g/mol. The zero-order valence-electron chi connectivity index (χ0n) is 22.3. The quantitative estimate of drug-likeness (QED) is 0.274. The summed E-state index contributed by atoms with van der Waals surface area (Å²) in [5.74, 6) is -0.558. The first-order chi connectivity index (χ1) is 18.2. The second-order valence-electron chi connectivity index (χ2n) is 9.93. The predicted octanol–water partition coefficient (Wildman–Crippen LogP) is 5.89. The molecule has 9 nitrogen and oxygen atoms in total. The minimum absolute atomic E-state index is 0.00360. The van der Waals surface area contributed by atoms with Gasteiger partial charge >= 0.3 is 5.97 Å². The van der Waals surface area contributed by atoms with E-state index in [1.54, 1.807) is 22.5 Å². The molecule has 0 saturated carbocycles. The Morgan fingerprint density at radius 3 is 2.74 bits per heavy atom. The molecule has 0 bridgehead atoms. The molecule has 2 aromatic carbocycles. The van der Waals surface area contributed by atoms with E-state index in [1.165, 1.54) is 0 Å². The number of aromatic nitrogens is 3. The van der Waals surface area contributed by atoms with Gasteiger partial charge in [-0.2, -0.15) is 4.31 Å². The number of carboxylic acid groups (broad SMARTS) is 1. The molecule has 10 heteroatoms. The lowest BCUT2D eigenvalue weighted by Crippen LogP contribution is -2.34. The fraction of sp³-hybridized carbons (Fsp3) is 0.464. The molecule has 2 unspecified atom stereocenters. The van der Waals surface area contributed by atoms with E-state index in [1.807, 2.05) is 49.0 Å². The van der Waals surface area contributed by atoms with Gasteiger partial charge in [-0.1, -0.05) is 49.4 Å². The Kier molecular flexibility index (Phi) is 9.09. The van der Waals surface area contributed by atoms with Gasteiger partial charge in [0, 0.05) is 19.3 Å². The molecule has 0 fully saturated rings. The van der Waals surface area contributed by atoms with Gasteiger partial charge in [-0.15, -0.1) is 15.9 Å². The molecule has 1 aliphatic heterocycles. The molecule has 3 N–H and O–H groups in total. The van der Waals surface area contributed by atoms with Crippen molar-refractivity contribution in [2.24, 2.45) is 0 Å². The number of carboxylic acids is 1. The highest BCUT2D eigenvalue weighted by Crippen LogP contribution is 2.57. The minimum atomic E-state index is -3.28. The number of hydrogen-bond donors (Lipinski definition) is 3. The fourth-order valence-electron chi connectivity index (χ4n) is 4.84. The number of aryl methyl sites for hydroxylation is 3. The fourth-order valence-corrected chi connectivity index (χ4v) is 6.46. The van der Waals surface area contributed by atoms with Gasteiger partial charge in [0.15, 0.2) is 0 Å². The summed E-state index contributed by atoms with van der Waals surface area (Å²) in [4.78, 5) is 12.1. The maximum atomic E-state index is 11.7. The van der Waals surface area contributed by atoms with Crippen LogP contribution in [0.5, 0.6) is 5.75 Å². The van der Waals surface area contributed by atoms with Crippen molar-refractivity contribution in [1.82, 2.24) is 19.3 Å². The van der Waals surface area contributed by atoms with Crippen LogP contribution in [0.15, 0.2) is 53.6 Å². The van der Waals surface area contributed by atoms with Crippen molar-refractivity contribution < 1.29 is 23.7 Å².